The molecule has 0 aliphatic carbocycles. The number of amides is 1. The normalized spacial score (nSPS) is 10.5. The number of ether oxygens (including phenoxy) is 2. The van der Waals surface area contributed by atoms with Crippen LogP contribution in [0.4, 0.5) is 5.69 Å². The van der Waals surface area contributed by atoms with Gasteiger partial charge in [-0.2, -0.15) is 0 Å². The molecule has 32 heavy (non-hydrogen) atoms. The Hall–Kier alpha value is -3.39. The van der Waals surface area contributed by atoms with Crippen molar-refractivity contribution in [1.82, 2.24) is 9.88 Å². The first-order chi connectivity index (χ1) is 15.3. The van der Waals surface area contributed by atoms with E-state index in [1.54, 1.807) is 42.6 Å². The molecule has 1 aromatic heterocycles. The van der Waals surface area contributed by atoms with Gasteiger partial charge in [0.05, 0.1) is 16.3 Å². The Kier molecular flexibility index (Phi) is 7.83. The molecule has 7 nitrogen and oxygen atoms in total. The van der Waals surface area contributed by atoms with E-state index in [9.17, 15) is 9.59 Å². The zero-order valence-electron chi connectivity index (χ0n) is 18.7. The van der Waals surface area contributed by atoms with E-state index < -0.39 is 5.97 Å². The summed E-state index contributed by atoms with van der Waals surface area (Å²) in [6, 6.07) is 14.6. The van der Waals surface area contributed by atoms with Crippen molar-refractivity contribution in [2.45, 2.75) is 20.1 Å². The van der Waals surface area contributed by atoms with E-state index in [0.29, 0.717) is 24.5 Å². The van der Waals surface area contributed by atoms with Crippen LogP contribution < -0.4 is 9.64 Å². The van der Waals surface area contributed by atoms with Crippen molar-refractivity contribution in [2.75, 3.05) is 32.6 Å². The predicted molar refractivity (Wildman–Crippen MR) is 125 cm³/mol. The molecule has 1 amide bonds. The Balaban J connectivity index is 1.45. The van der Waals surface area contributed by atoms with Gasteiger partial charge in [-0.3, -0.25) is 4.79 Å². The van der Waals surface area contributed by atoms with Crippen LogP contribution in [-0.2, 0) is 22.7 Å². The second kappa shape index (κ2) is 10.8. The molecule has 8 heteroatoms. The Morgan fingerprint density at radius 2 is 1.69 bits per heavy atom. The van der Waals surface area contributed by atoms with Gasteiger partial charge in [0.1, 0.15) is 12.4 Å². The van der Waals surface area contributed by atoms with Crippen LogP contribution in [0.3, 0.4) is 0 Å². The van der Waals surface area contributed by atoms with Crippen molar-refractivity contribution in [3.8, 4) is 5.75 Å². The fourth-order valence-electron chi connectivity index (χ4n) is 2.90. The number of hydrogen-bond donors (Lipinski definition) is 0. The number of rotatable bonds is 9. The third kappa shape index (κ3) is 6.55. The lowest BCUT2D eigenvalue weighted by molar-refractivity contribution is -0.133. The first-order valence-electron chi connectivity index (χ1n) is 10.1. The number of esters is 1. The number of aryl methyl sites for hydroxylation is 1. The third-order valence-corrected chi connectivity index (χ3v) is 5.59. The van der Waals surface area contributed by atoms with Crippen LogP contribution in [0.1, 0.15) is 26.6 Å². The summed E-state index contributed by atoms with van der Waals surface area (Å²) in [6.07, 6.45) is 0. The van der Waals surface area contributed by atoms with E-state index in [1.165, 1.54) is 4.90 Å². The molecule has 2 aromatic carbocycles. The second-order valence-corrected chi connectivity index (χ2v) is 8.62. The molecular weight excluding hydrogens is 426 g/mol. The molecule has 0 aliphatic rings. The summed E-state index contributed by atoms with van der Waals surface area (Å²) in [6.45, 7) is 2.44. The largest absolute Gasteiger partial charge is 0.487 e. The molecule has 0 N–H and O–H groups in total. The maximum absolute atomic E-state index is 12.3. The lowest BCUT2D eigenvalue weighted by atomic mass is 10.2. The van der Waals surface area contributed by atoms with Gasteiger partial charge in [0.2, 0.25) is 0 Å². The van der Waals surface area contributed by atoms with E-state index in [2.05, 4.69) is 4.98 Å². The smallest absolute Gasteiger partial charge is 0.338 e. The summed E-state index contributed by atoms with van der Waals surface area (Å²) >= 11 is 1.57. The maximum atomic E-state index is 12.3. The van der Waals surface area contributed by atoms with Crippen LogP contribution in [0, 0.1) is 6.92 Å². The molecular formula is C24H27N3O4S. The number of thiazole rings is 1. The quantitative estimate of drug-likeness (QED) is 0.458. The van der Waals surface area contributed by atoms with Gasteiger partial charge in [0, 0.05) is 38.8 Å². The SMILES string of the molecule is Cc1nc(COc2ccc(C(=O)OCC(=O)N(C)Cc3ccc(N(C)C)cc3)cc2)cs1. The molecule has 0 spiro atoms. The summed E-state index contributed by atoms with van der Waals surface area (Å²) in [4.78, 5) is 32.5. The van der Waals surface area contributed by atoms with Crippen molar-refractivity contribution < 1.29 is 19.1 Å². The average molecular weight is 454 g/mol. The number of likely N-dealkylation sites (N-methyl/N-ethyl adjacent to an activating group) is 1. The number of carbonyl (C=O) groups is 2. The van der Waals surface area contributed by atoms with E-state index >= 15 is 0 Å². The number of benzene rings is 2. The van der Waals surface area contributed by atoms with Crippen LogP contribution in [0.5, 0.6) is 5.75 Å². The Morgan fingerprint density at radius 1 is 1.00 bits per heavy atom. The molecule has 0 bridgehead atoms. The molecule has 0 saturated heterocycles. The number of anilines is 1. The first-order valence-corrected chi connectivity index (χ1v) is 11.0. The van der Waals surface area contributed by atoms with Crippen molar-refractivity contribution in [3.05, 3.63) is 75.7 Å². The lowest BCUT2D eigenvalue weighted by Gasteiger charge is -2.18. The van der Waals surface area contributed by atoms with E-state index in [1.807, 2.05) is 55.6 Å². The molecule has 1 heterocycles. The van der Waals surface area contributed by atoms with Crippen LogP contribution in [-0.4, -0.2) is 49.5 Å². The molecule has 0 radical (unpaired) electrons. The highest BCUT2D eigenvalue weighted by molar-refractivity contribution is 7.09. The van der Waals surface area contributed by atoms with Crippen molar-refractivity contribution in [2.24, 2.45) is 0 Å². The predicted octanol–water partition coefficient (Wildman–Crippen LogP) is 3.91. The first kappa shape index (κ1) is 23.3. The average Bonchev–Trinajstić information content (AvgIpc) is 3.21. The maximum Gasteiger partial charge on any atom is 0.338 e. The van der Waals surface area contributed by atoms with Gasteiger partial charge in [-0.05, 0) is 48.9 Å². The molecule has 0 aliphatic heterocycles. The highest BCUT2D eigenvalue weighted by Crippen LogP contribution is 2.16. The summed E-state index contributed by atoms with van der Waals surface area (Å²) in [5.74, 6) is -0.194. The van der Waals surface area contributed by atoms with Gasteiger partial charge in [-0.1, -0.05) is 12.1 Å². The van der Waals surface area contributed by atoms with Gasteiger partial charge in [0.15, 0.2) is 6.61 Å². The van der Waals surface area contributed by atoms with Crippen molar-refractivity contribution in [1.29, 1.82) is 0 Å². The third-order valence-electron chi connectivity index (χ3n) is 4.77. The van der Waals surface area contributed by atoms with Gasteiger partial charge in [-0.15, -0.1) is 11.3 Å². The molecule has 3 aromatic rings. The molecule has 0 fully saturated rings. The summed E-state index contributed by atoms with van der Waals surface area (Å²) in [5, 5.41) is 2.94. The van der Waals surface area contributed by atoms with E-state index in [4.69, 9.17) is 9.47 Å². The fourth-order valence-corrected chi connectivity index (χ4v) is 3.50. The van der Waals surface area contributed by atoms with Crippen LogP contribution in [0.25, 0.3) is 0 Å². The Bertz CT molecular complexity index is 1050. The zero-order valence-corrected chi connectivity index (χ0v) is 19.5. The minimum atomic E-state index is -0.552. The zero-order chi connectivity index (χ0) is 23.1. The van der Waals surface area contributed by atoms with Crippen LogP contribution in [0.2, 0.25) is 0 Å². The molecule has 0 saturated carbocycles. The topological polar surface area (TPSA) is 72.0 Å². The standard InChI is InChI=1S/C24H27N3O4S/c1-17-25-20(16-32-17)14-30-22-11-7-19(8-12-22)24(29)31-15-23(28)27(4)13-18-5-9-21(10-6-18)26(2)3/h5-12,16H,13-15H2,1-4H3. The van der Waals surface area contributed by atoms with Crippen molar-refractivity contribution >= 4 is 28.9 Å². The monoisotopic (exact) mass is 453 g/mol. The van der Waals surface area contributed by atoms with Crippen LogP contribution >= 0.6 is 11.3 Å². The van der Waals surface area contributed by atoms with E-state index in [0.717, 1.165) is 22.0 Å². The summed E-state index contributed by atoms with van der Waals surface area (Å²) in [7, 11) is 5.64. The summed E-state index contributed by atoms with van der Waals surface area (Å²) < 4.78 is 10.9. The van der Waals surface area contributed by atoms with Gasteiger partial charge in [0.25, 0.3) is 5.91 Å². The highest BCUT2D eigenvalue weighted by atomic mass is 32.1. The highest BCUT2D eigenvalue weighted by Gasteiger charge is 2.14. The number of aromatic nitrogens is 1. The number of carbonyl (C=O) groups excluding carboxylic acids is 2. The molecule has 0 unspecified atom stereocenters. The Morgan fingerprint density at radius 3 is 2.28 bits per heavy atom. The molecule has 168 valence electrons. The van der Waals surface area contributed by atoms with Crippen molar-refractivity contribution in [3.63, 3.8) is 0 Å². The minimum Gasteiger partial charge on any atom is -0.487 e. The lowest BCUT2D eigenvalue weighted by Crippen LogP contribution is -2.30. The van der Waals surface area contributed by atoms with Gasteiger partial charge in [-0.25, -0.2) is 9.78 Å². The van der Waals surface area contributed by atoms with Crippen LogP contribution in [0.15, 0.2) is 53.9 Å². The number of nitrogens with zero attached hydrogens (tertiary/aromatic N) is 3. The molecule has 0 atom stereocenters. The molecule has 3 rings (SSSR count). The van der Waals surface area contributed by atoms with E-state index in [-0.39, 0.29) is 12.5 Å². The Labute approximate surface area is 192 Å². The summed E-state index contributed by atoms with van der Waals surface area (Å²) in [5.41, 5.74) is 3.32. The number of hydrogen-bond acceptors (Lipinski definition) is 7. The van der Waals surface area contributed by atoms with Gasteiger partial charge < -0.3 is 19.3 Å². The second-order valence-electron chi connectivity index (χ2n) is 7.56. The fraction of sp³-hybridized carbons (Fsp3) is 0.292. The minimum absolute atomic E-state index is 0.270. The van der Waals surface area contributed by atoms with Gasteiger partial charge >= 0.3 is 5.97 Å².